The molecule has 2 heterocycles. The third kappa shape index (κ3) is 11.5. The Morgan fingerprint density at radius 2 is 1.70 bits per heavy atom. The summed E-state index contributed by atoms with van der Waals surface area (Å²) in [6.07, 6.45) is 2.85. The number of aldehydes is 1. The monoisotopic (exact) mass is 638 g/mol. The van der Waals surface area contributed by atoms with Crippen LogP contribution in [-0.4, -0.2) is 128 Å². The SMILES string of the molecule is [B]N1CCCC(C(=O)NC(Cc2ccccc2)C(=O)NC(CCCN(C)C)C(=O)NC(CC(C)C)C(=O)N2CC(O)CC2C=O)C1. The minimum Gasteiger partial charge on any atom is -0.391 e. The van der Waals surface area contributed by atoms with Gasteiger partial charge in [0.25, 0.3) is 0 Å². The van der Waals surface area contributed by atoms with E-state index in [1.54, 1.807) is 4.81 Å². The molecule has 13 heteroatoms. The zero-order chi connectivity index (χ0) is 33.8. The molecule has 0 saturated carbocycles. The molecule has 4 N–H and O–H groups in total. The van der Waals surface area contributed by atoms with Gasteiger partial charge in [-0.1, -0.05) is 44.2 Å². The third-order valence-electron chi connectivity index (χ3n) is 8.55. The van der Waals surface area contributed by atoms with Crippen LogP contribution in [0, 0.1) is 11.8 Å². The summed E-state index contributed by atoms with van der Waals surface area (Å²) in [5, 5.41) is 18.8. The first-order valence-electron chi connectivity index (χ1n) is 16.4. The molecule has 2 aliphatic rings. The summed E-state index contributed by atoms with van der Waals surface area (Å²) in [4.78, 5) is 71.1. The fourth-order valence-electron chi connectivity index (χ4n) is 6.11. The molecule has 252 valence electrons. The molecule has 0 spiro atoms. The lowest BCUT2D eigenvalue weighted by atomic mass is 9.94. The van der Waals surface area contributed by atoms with E-state index in [1.165, 1.54) is 4.90 Å². The summed E-state index contributed by atoms with van der Waals surface area (Å²) in [5.41, 5.74) is 0.848. The van der Waals surface area contributed by atoms with Crippen molar-refractivity contribution in [3.05, 3.63) is 35.9 Å². The normalized spacial score (nSPS) is 22.2. The van der Waals surface area contributed by atoms with Crippen molar-refractivity contribution in [2.45, 2.75) is 89.1 Å². The predicted octanol–water partition coefficient (Wildman–Crippen LogP) is 0.0276. The number of aliphatic hydroxyl groups is 1. The molecule has 2 aliphatic heterocycles. The van der Waals surface area contributed by atoms with Crippen LogP contribution in [0.2, 0.25) is 0 Å². The van der Waals surface area contributed by atoms with Gasteiger partial charge in [0.1, 0.15) is 24.4 Å². The highest BCUT2D eigenvalue weighted by molar-refractivity contribution is 6.04. The maximum atomic E-state index is 13.9. The van der Waals surface area contributed by atoms with Crippen LogP contribution in [0.4, 0.5) is 0 Å². The second-order valence-electron chi connectivity index (χ2n) is 13.4. The first-order valence-corrected chi connectivity index (χ1v) is 16.4. The molecule has 0 aromatic heterocycles. The smallest absolute Gasteiger partial charge is 0.245 e. The van der Waals surface area contributed by atoms with E-state index in [4.69, 9.17) is 7.98 Å². The quantitative estimate of drug-likeness (QED) is 0.146. The Morgan fingerprint density at radius 3 is 2.33 bits per heavy atom. The van der Waals surface area contributed by atoms with Crippen molar-refractivity contribution in [2.24, 2.45) is 11.8 Å². The second-order valence-corrected chi connectivity index (χ2v) is 13.4. The number of nitrogens with zero attached hydrogens (tertiary/aromatic N) is 3. The highest BCUT2D eigenvalue weighted by Gasteiger charge is 2.39. The Balaban J connectivity index is 1.81. The lowest BCUT2D eigenvalue weighted by molar-refractivity contribution is -0.140. The molecule has 4 amide bonds. The zero-order valence-corrected chi connectivity index (χ0v) is 27.7. The summed E-state index contributed by atoms with van der Waals surface area (Å²) in [5.74, 6) is -2.05. The Morgan fingerprint density at radius 1 is 1.02 bits per heavy atom. The van der Waals surface area contributed by atoms with Crippen LogP contribution < -0.4 is 16.0 Å². The number of amides is 4. The van der Waals surface area contributed by atoms with Gasteiger partial charge in [0.05, 0.1) is 12.1 Å². The summed E-state index contributed by atoms with van der Waals surface area (Å²) < 4.78 is 0. The van der Waals surface area contributed by atoms with Crippen molar-refractivity contribution in [1.82, 2.24) is 30.6 Å². The molecule has 0 aliphatic carbocycles. The van der Waals surface area contributed by atoms with Crippen molar-refractivity contribution in [1.29, 1.82) is 0 Å². The molecule has 1 aromatic carbocycles. The summed E-state index contributed by atoms with van der Waals surface area (Å²) in [7, 11) is 9.80. The maximum absolute atomic E-state index is 13.9. The van der Waals surface area contributed by atoms with E-state index in [-0.39, 0.29) is 37.1 Å². The largest absolute Gasteiger partial charge is 0.391 e. The van der Waals surface area contributed by atoms with Gasteiger partial charge in [-0.3, -0.25) is 19.2 Å². The number of likely N-dealkylation sites (tertiary alicyclic amines) is 1. The summed E-state index contributed by atoms with van der Waals surface area (Å²) >= 11 is 0. The molecule has 1 aromatic rings. The number of hydrogen-bond donors (Lipinski definition) is 4. The van der Waals surface area contributed by atoms with Crippen LogP contribution in [-0.2, 0) is 30.4 Å². The molecule has 6 atom stereocenters. The highest BCUT2D eigenvalue weighted by atomic mass is 16.3. The minimum absolute atomic E-state index is 0.0134. The van der Waals surface area contributed by atoms with E-state index in [2.05, 4.69) is 16.0 Å². The average Bonchev–Trinajstić information content (AvgIpc) is 3.40. The van der Waals surface area contributed by atoms with Gasteiger partial charge < -0.3 is 40.5 Å². The Hall–Kier alpha value is -3.29. The topological polar surface area (TPSA) is 151 Å². The molecule has 12 nitrogen and oxygen atoms in total. The molecule has 3 rings (SSSR count). The van der Waals surface area contributed by atoms with Crippen LogP contribution in [0.5, 0.6) is 0 Å². The van der Waals surface area contributed by atoms with Gasteiger partial charge in [-0.2, -0.15) is 0 Å². The maximum Gasteiger partial charge on any atom is 0.245 e. The number of rotatable bonds is 16. The summed E-state index contributed by atoms with van der Waals surface area (Å²) in [6.45, 7) is 5.63. The van der Waals surface area contributed by atoms with Crippen molar-refractivity contribution in [3.63, 3.8) is 0 Å². The lowest BCUT2D eigenvalue weighted by Gasteiger charge is -2.31. The zero-order valence-electron chi connectivity index (χ0n) is 27.7. The van der Waals surface area contributed by atoms with Crippen LogP contribution in [0.25, 0.3) is 0 Å². The molecule has 2 radical (unpaired) electrons. The average molecular weight is 639 g/mol. The van der Waals surface area contributed by atoms with Gasteiger partial charge in [0.2, 0.25) is 23.6 Å². The van der Waals surface area contributed by atoms with Crippen molar-refractivity contribution < 1.29 is 29.1 Å². The van der Waals surface area contributed by atoms with Gasteiger partial charge in [-0.05, 0) is 77.3 Å². The van der Waals surface area contributed by atoms with Gasteiger partial charge in [-0.25, -0.2) is 0 Å². The first-order chi connectivity index (χ1) is 21.9. The van der Waals surface area contributed by atoms with E-state index in [9.17, 15) is 29.1 Å². The molecule has 0 bridgehead atoms. The van der Waals surface area contributed by atoms with E-state index >= 15 is 0 Å². The number of aliphatic hydroxyl groups excluding tert-OH is 1. The Kier molecular flexibility index (Phi) is 14.7. The van der Waals surface area contributed by atoms with Crippen molar-refractivity contribution in [2.75, 3.05) is 40.3 Å². The van der Waals surface area contributed by atoms with E-state index in [0.29, 0.717) is 51.6 Å². The van der Waals surface area contributed by atoms with Crippen LogP contribution in [0.3, 0.4) is 0 Å². The first kappa shape index (κ1) is 37.2. The molecular formula is C33H51BN6O6. The van der Waals surface area contributed by atoms with Gasteiger partial charge >= 0.3 is 0 Å². The standard InChI is InChI=1S/C33H51BN6O6/c1-22(2)16-29(33(46)40-20-26(42)18-25(40)21-41)37-31(44)27(13-9-14-38(3)4)35-32(45)28(17-23-10-6-5-7-11-23)36-30(43)24-12-8-15-39(34)19-24/h5-7,10-11,21-22,24-29,42H,8-9,12-20H2,1-4H3,(H,35,45)(H,36,43)(H,37,44). The minimum atomic E-state index is -0.981. The van der Waals surface area contributed by atoms with Crippen molar-refractivity contribution in [3.8, 4) is 0 Å². The van der Waals surface area contributed by atoms with E-state index in [1.807, 2.05) is 63.2 Å². The molecule has 6 unspecified atom stereocenters. The second kappa shape index (κ2) is 18.2. The molecule has 2 fully saturated rings. The number of β-amino-alcohol motifs (C(OH)–C–C–N with tert-alkyl or cyclic N) is 1. The highest BCUT2D eigenvalue weighted by Crippen LogP contribution is 2.20. The fraction of sp³-hybridized carbons (Fsp3) is 0.667. The number of carbonyl (C=O) groups excluding carboxylic acids is 5. The van der Waals surface area contributed by atoms with Gasteiger partial charge in [-0.15, -0.1) is 0 Å². The number of carbonyl (C=O) groups is 5. The number of hydrogen-bond acceptors (Lipinski definition) is 8. The number of piperidine rings is 1. The van der Waals surface area contributed by atoms with Gasteiger partial charge in [0.15, 0.2) is 7.98 Å². The van der Waals surface area contributed by atoms with Crippen molar-refractivity contribution >= 4 is 37.9 Å². The predicted molar refractivity (Wildman–Crippen MR) is 175 cm³/mol. The van der Waals surface area contributed by atoms with Crippen LogP contribution in [0.15, 0.2) is 30.3 Å². The fourth-order valence-corrected chi connectivity index (χ4v) is 6.11. The Labute approximate surface area is 274 Å². The number of nitrogens with one attached hydrogen (secondary N) is 3. The van der Waals surface area contributed by atoms with E-state index < -0.39 is 48.0 Å². The van der Waals surface area contributed by atoms with Crippen LogP contribution in [0.1, 0.15) is 57.9 Å². The third-order valence-corrected chi connectivity index (χ3v) is 8.55. The van der Waals surface area contributed by atoms with Gasteiger partial charge in [0, 0.05) is 25.3 Å². The number of benzene rings is 1. The Bertz CT molecular complexity index is 1170. The molecular weight excluding hydrogens is 587 g/mol. The van der Waals surface area contributed by atoms with E-state index in [0.717, 1.165) is 12.0 Å². The summed E-state index contributed by atoms with van der Waals surface area (Å²) in [6, 6.07) is 5.70. The lowest BCUT2D eigenvalue weighted by Crippen LogP contribution is -2.58. The molecule has 2 saturated heterocycles. The van der Waals surface area contributed by atoms with Crippen LogP contribution >= 0.6 is 0 Å². The molecule has 46 heavy (non-hydrogen) atoms.